The minimum Gasteiger partial charge on any atom is -0.392 e. The molecule has 0 saturated carbocycles. The Morgan fingerprint density at radius 1 is 1.05 bits per heavy atom. The van der Waals surface area contributed by atoms with Crippen molar-refractivity contribution in [1.82, 2.24) is 25.4 Å². The van der Waals surface area contributed by atoms with Gasteiger partial charge in [0.2, 0.25) is 0 Å². The van der Waals surface area contributed by atoms with Crippen LogP contribution in [0.25, 0.3) is 15.9 Å². The zero-order valence-electron chi connectivity index (χ0n) is 22.4. The van der Waals surface area contributed by atoms with Crippen molar-refractivity contribution in [2.24, 2.45) is 0 Å². The third kappa shape index (κ3) is 5.85. The van der Waals surface area contributed by atoms with Crippen molar-refractivity contribution in [3.63, 3.8) is 0 Å². The van der Waals surface area contributed by atoms with Gasteiger partial charge >= 0.3 is 0 Å². The normalized spacial score (nSPS) is 18.9. The summed E-state index contributed by atoms with van der Waals surface area (Å²) in [7, 11) is 0. The van der Waals surface area contributed by atoms with Crippen LogP contribution in [0, 0.1) is 0 Å². The largest absolute Gasteiger partial charge is 0.392 e. The number of pyridine rings is 2. The first-order valence-corrected chi connectivity index (χ1v) is 14.8. The van der Waals surface area contributed by atoms with E-state index in [1.54, 1.807) is 24.3 Å². The number of thiazole rings is 1. The van der Waals surface area contributed by atoms with Crippen molar-refractivity contribution >= 4 is 49.8 Å². The molecule has 6 rings (SSSR count). The first-order chi connectivity index (χ1) is 19.0. The molecule has 39 heavy (non-hydrogen) atoms. The molecular formula is C28H36N8O2S. The molecule has 0 aromatic carbocycles. The number of aromatic nitrogens is 3. The molecule has 0 spiro atoms. The van der Waals surface area contributed by atoms with Crippen LogP contribution in [-0.4, -0.2) is 76.3 Å². The van der Waals surface area contributed by atoms with Crippen molar-refractivity contribution in [3.8, 4) is 0 Å². The van der Waals surface area contributed by atoms with Gasteiger partial charge in [-0.05, 0) is 63.6 Å². The summed E-state index contributed by atoms with van der Waals surface area (Å²) in [5, 5.41) is 15.7. The molecule has 0 aliphatic carbocycles. The van der Waals surface area contributed by atoms with Gasteiger partial charge in [0.25, 0.3) is 5.91 Å². The quantitative estimate of drug-likeness (QED) is 0.405. The number of aliphatic hydroxyl groups is 1. The van der Waals surface area contributed by atoms with Crippen LogP contribution in [0.4, 0.5) is 16.6 Å². The number of carbonyl (C=O) groups is 1. The second-order valence-corrected chi connectivity index (χ2v) is 11.6. The van der Waals surface area contributed by atoms with Crippen LogP contribution in [0.3, 0.4) is 0 Å². The highest BCUT2D eigenvalue weighted by Gasteiger charge is 2.23. The summed E-state index contributed by atoms with van der Waals surface area (Å²) in [5.74, 6) is 0.531. The molecule has 6 heterocycles. The zero-order valence-corrected chi connectivity index (χ0v) is 23.2. The Hall–Kier alpha value is -3.28. The van der Waals surface area contributed by atoms with Crippen molar-refractivity contribution in [2.75, 3.05) is 54.4 Å². The van der Waals surface area contributed by atoms with Crippen LogP contribution < -0.4 is 20.5 Å². The highest BCUT2D eigenvalue weighted by Crippen LogP contribution is 2.36. The Bertz CT molecular complexity index is 1360. The van der Waals surface area contributed by atoms with Gasteiger partial charge in [-0.1, -0.05) is 17.4 Å². The van der Waals surface area contributed by atoms with Crippen LogP contribution in [0.2, 0.25) is 0 Å². The number of rotatable bonds is 7. The Morgan fingerprint density at radius 2 is 1.79 bits per heavy atom. The van der Waals surface area contributed by atoms with E-state index in [2.05, 4.69) is 25.5 Å². The molecule has 2 saturated heterocycles. The predicted octanol–water partition coefficient (Wildman–Crippen LogP) is 3.86. The number of nitrogens with one attached hydrogen (secondary N) is 2. The number of piperidine rings is 2. The molecule has 11 heteroatoms. The smallest absolute Gasteiger partial charge is 0.274 e. The number of β-amino-alcohol motifs (C(OH)–C–C–N with tert-alkyl or cyclic N) is 1. The molecule has 3 aromatic heterocycles. The van der Waals surface area contributed by atoms with Gasteiger partial charge in [-0.3, -0.25) is 4.79 Å². The minimum atomic E-state index is -0.451. The molecule has 1 unspecified atom stereocenters. The number of aliphatic hydroxyl groups excluding tert-OH is 1. The Kier molecular flexibility index (Phi) is 7.62. The minimum absolute atomic E-state index is 0.260. The van der Waals surface area contributed by atoms with E-state index in [-0.39, 0.29) is 5.91 Å². The maximum Gasteiger partial charge on any atom is 0.274 e. The molecule has 10 nitrogen and oxygen atoms in total. The summed E-state index contributed by atoms with van der Waals surface area (Å²) in [6.45, 7) is 6.73. The molecule has 1 atom stereocenters. The molecule has 0 radical (unpaired) electrons. The fourth-order valence-corrected chi connectivity index (χ4v) is 6.45. The second-order valence-electron chi connectivity index (χ2n) is 10.6. The molecule has 3 aliphatic rings. The number of nitrogens with zero attached hydrogens (tertiary/aromatic N) is 6. The van der Waals surface area contributed by atoms with Crippen molar-refractivity contribution < 1.29 is 9.90 Å². The molecule has 0 bridgehead atoms. The topological polar surface area (TPSA) is 110 Å². The third-order valence-electron chi connectivity index (χ3n) is 7.44. The van der Waals surface area contributed by atoms with Crippen molar-refractivity contribution in [3.05, 3.63) is 41.9 Å². The van der Waals surface area contributed by atoms with Crippen LogP contribution in [0.15, 0.2) is 30.5 Å². The number of hydrazine groups is 1. The van der Waals surface area contributed by atoms with Gasteiger partial charge in [0.1, 0.15) is 5.69 Å². The highest BCUT2D eigenvalue weighted by atomic mass is 32.1. The Labute approximate surface area is 232 Å². The first kappa shape index (κ1) is 26.0. The lowest BCUT2D eigenvalue weighted by atomic mass is 10.1. The fourth-order valence-electron chi connectivity index (χ4n) is 5.45. The maximum absolute atomic E-state index is 13.5. The zero-order chi connectivity index (χ0) is 26.8. The molecule has 3 aliphatic heterocycles. The van der Waals surface area contributed by atoms with E-state index in [0.717, 1.165) is 71.6 Å². The van der Waals surface area contributed by atoms with Gasteiger partial charge in [0.05, 0.1) is 28.7 Å². The van der Waals surface area contributed by atoms with E-state index in [0.29, 0.717) is 24.5 Å². The molecule has 1 amide bonds. The van der Waals surface area contributed by atoms with Gasteiger partial charge in [-0.15, -0.1) is 0 Å². The number of hydrogen-bond acceptors (Lipinski definition) is 10. The van der Waals surface area contributed by atoms with Crippen molar-refractivity contribution in [1.29, 1.82) is 0 Å². The SMILES string of the molecule is CC(O)CN1C=C(c2cccc(C(=O)Nc3cc4sc(N5CCCCC5)nc4nc3N3CCCCC3)n2)CN1. The summed E-state index contributed by atoms with van der Waals surface area (Å²) in [6, 6.07) is 7.54. The summed E-state index contributed by atoms with van der Waals surface area (Å²) >= 11 is 1.65. The molecule has 206 valence electrons. The summed E-state index contributed by atoms with van der Waals surface area (Å²) in [5.41, 5.74) is 6.75. The second kappa shape index (κ2) is 11.4. The van der Waals surface area contributed by atoms with E-state index in [1.807, 2.05) is 29.4 Å². The summed E-state index contributed by atoms with van der Waals surface area (Å²) < 4.78 is 0.980. The van der Waals surface area contributed by atoms with E-state index >= 15 is 0 Å². The fraction of sp³-hybridized carbons (Fsp3) is 0.500. The van der Waals surface area contributed by atoms with Gasteiger partial charge in [0, 0.05) is 44.5 Å². The lowest BCUT2D eigenvalue weighted by Crippen LogP contribution is -2.34. The monoisotopic (exact) mass is 548 g/mol. The summed E-state index contributed by atoms with van der Waals surface area (Å²) in [4.78, 5) is 32.7. The standard InChI is InChI=1S/C28H36N8O2S/c1-19(37)17-36-18-20(16-29-36)21-9-8-10-22(30-21)27(38)31-23-15-24-25(32-26(23)34-11-4-2-5-12-34)33-28(39-24)35-13-6-3-7-14-35/h8-10,15,18-19,29,37H,2-7,11-14,16-17H2,1H3,(H,31,38). The Balaban J connectivity index is 1.28. The number of carbonyl (C=O) groups excluding carboxylic acids is 1. The molecule has 2 fully saturated rings. The number of fused-ring (bicyclic) bond motifs is 1. The third-order valence-corrected chi connectivity index (χ3v) is 8.49. The van der Waals surface area contributed by atoms with E-state index < -0.39 is 6.10 Å². The van der Waals surface area contributed by atoms with E-state index in [4.69, 9.17) is 9.97 Å². The van der Waals surface area contributed by atoms with Crippen LogP contribution >= 0.6 is 11.3 Å². The molecular weight excluding hydrogens is 512 g/mol. The lowest BCUT2D eigenvalue weighted by Gasteiger charge is -2.29. The van der Waals surface area contributed by atoms with Gasteiger partial charge in [-0.2, -0.15) is 4.98 Å². The molecule has 3 aromatic rings. The first-order valence-electron chi connectivity index (χ1n) is 14.0. The van der Waals surface area contributed by atoms with Crippen LogP contribution in [-0.2, 0) is 0 Å². The number of anilines is 3. The van der Waals surface area contributed by atoms with Gasteiger partial charge < -0.3 is 25.2 Å². The van der Waals surface area contributed by atoms with E-state index in [1.165, 1.54) is 25.7 Å². The Morgan fingerprint density at radius 3 is 2.54 bits per heavy atom. The van der Waals surface area contributed by atoms with Gasteiger partial charge in [0.15, 0.2) is 16.6 Å². The van der Waals surface area contributed by atoms with Crippen LogP contribution in [0.1, 0.15) is 61.6 Å². The van der Waals surface area contributed by atoms with Crippen LogP contribution in [0.5, 0.6) is 0 Å². The highest BCUT2D eigenvalue weighted by molar-refractivity contribution is 7.22. The maximum atomic E-state index is 13.5. The predicted molar refractivity (Wildman–Crippen MR) is 156 cm³/mol. The lowest BCUT2D eigenvalue weighted by molar-refractivity contribution is 0.102. The molecule has 3 N–H and O–H groups in total. The average Bonchev–Trinajstić information content (AvgIpc) is 3.60. The number of hydrogen-bond donors (Lipinski definition) is 3. The van der Waals surface area contributed by atoms with E-state index in [9.17, 15) is 9.90 Å². The van der Waals surface area contributed by atoms with Crippen molar-refractivity contribution in [2.45, 2.75) is 51.6 Å². The van der Waals surface area contributed by atoms with Gasteiger partial charge in [-0.25, -0.2) is 15.4 Å². The number of amides is 1. The average molecular weight is 549 g/mol. The summed E-state index contributed by atoms with van der Waals surface area (Å²) in [6.07, 6.45) is 8.59.